The first-order valence-electron chi connectivity index (χ1n) is 10.0. The average molecular weight is 392 g/mol. The van der Waals surface area contributed by atoms with E-state index in [1.165, 1.54) is 0 Å². The predicted octanol–water partition coefficient (Wildman–Crippen LogP) is 3.96. The number of esters is 1. The summed E-state index contributed by atoms with van der Waals surface area (Å²) in [4.78, 5) is 30.3. The van der Waals surface area contributed by atoms with Gasteiger partial charge in [0.15, 0.2) is 6.10 Å². The van der Waals surface area contributed by atoms with Gasteiger partial charge in [-0.25, -0.2) is 4.79 Å². The molecule has 0 bridgehead atoms. The molecule has 0 spiro atoms. The van der Waals surface area contributed by atoms with Gasteiger partial charge in [0.2, 0.25) is 0 Å². The lowest BCUT2D eigenvalue weighted by Gasteiger charge is -2.17. The number of amides is 1. The lowest BCUT2D eigenvalue weighted by Crippen LogP contribution is -2.35. The van der Waals surface area contributed by atoms with Crippen LogP contribution in [0, 0.1) is 0 Å². The lowest BCUT2D eigenvalue weighted by molar-refractivity contribution is -0.129. The van der Waals surface area contributed by atoms with Crippen LogP contribution in [-0.4, -0.2) is 23.0 Å². The fourth-order valence-electron chi connectivity index (χ4n) is 3.79. The Balaban J connectivity index is 1.57. The number of carbonyl (C=O) groups is 2. The van der Waals surface area contributed by atoms with Crippen molar-refractivity contribution in [2.24, 2.45) is 0 Å². The number of hydrogen-bond donors (Lipinski definition) is 1. The average Bonchev–Trinajstić information content (AvgIpc) is 3.14. The van der Waals surface area contributed by atoms with E-state index >= 15 is 0 Å². The Morgan fingerprint density at radius 3 is 2.79 bits per heavy atom. The van der Waals surface area contributed by atoms with Crippen LogP contribution in [0.2, 0.25) is 0 Å². The van der Waals surface area contributed by atoms with Crippen LogP contribution in [0.4, 0.5) is 0 Å². The Labute approximate surface area is 169 Å². The second-order valence-corrected chi connectivity index (χ2v) is 7.33. The highest BCUT2D eigenvalue weighted by Crippen LogP contribution is 2.29. The third kappa shape index (κ3) is 4.16. The van der Waals surface area contributed by atoms with E-state index in [9.17, 15) is 9.59 Å². The fraction of sp³-hybridized carbons (Fsp3) is 0.348. The number of pyridine rings is 1. The van der Waals surface area contributed by atoms with Crippen LogP contribution >= 0.6 is 0 Å². The highest BCUT2D eigenvalue weighted by Gasteiger charge is 2.26. The molecule has 150 valence electrons. The molecule has 1 aliphatic carbocycles. The van der Waals surface area contributed by atoms with E-state index in [2.05, 4.69) is 5.32 Å². The second-order valence-electron chi connectivity index (χ2n) is 7.33. The molecule has 6 heteroatoms. The molecule has 1 amide bonds. The molecular weight excluding hydrogens is 368 g/mol. The zero-order chi connectivity index (χ0) is 20.2. The standard InChI is InChI=1S/C23H24N2O4/c1-15(22(26)24-14-16-8-7-13-28-16)29-23(27)21-17-9-3-2-4-11-19(17)25-20-12-6-5-10-18(20)21/h5-8,10,12-13,15H,2-4,9,11,14H2,1H3,(H,24,26)/t15-/m1/s1. The SMILES string of the molecule is C[C@@H](OC(=O)c1c2c(nc3ccccc13)CCCCC2)C(=O)NCc1ccco1. The molecule has 0 saturated heterocycles. The number of rotatable bonds is 5. The molecule has 4 rings (SSSR count). The molecule has 0 fully saturated rings. The molecule has 6 nitrogen and oxygen atoms in total. The molecule has 0 aliphatic heterocycles. The van der Waals surface area contributed by atoms with Gasteiger partial charge < -0.3 is 14.5 Å². The van der Waals surface area contributed by atoms with E-state index < -0.39 is 12.1 Å². The minimum Gasteiger partial charge on any atom is -0.467 e. The van der Waals surface area contributed by atoms with Crippen LogP contribution in [-0.2, 0) is 28.9 Å². The van der Waals surface area contributed by atoms with Gasteiger partial charge in [-0.05, 0) is 56.4 Å². The van der Waals surface area contributed by atoms with Crippen LogP contribution in [0.25, 0.3) is 10.9 Å². The Bertz CT molecular complexity index is 1030. The Morgan fingerprint density at radius 2 is 1.97 bits per heavy atom. The first-order chi connectivity index (χ1) is 14.1. The summed E-state index contributed by atoms with van der Waals surface area (Å²) in [6, 6.07) is 11.1. The number of aryl methyl sites for hydroxylation is 1. The van der Waals surface area contributed by atoms with Crippen molar-refractivity contribution in [3.05, 3.63) is 65.2 Å². The van der Waals surface area contributed by atoms with Crippen LogP contribution in [0.3, 0.4) is 0 Å². The van der Waals surface area contributed by atoms with E-state index in [0.29, 0.717) is 11.3 Å². The maximum atomic E-state index is 13.1. The van der Waals surface area contributed by atoms with Crippen LogP contribution in [0.1, 0.15) is 53.6 Å². The van der Waals surface area contributed by atoms with Crippen molar-refractivity contribution >= 4 is 22.8 Å². The van der Waals surface area contributed by atoms with Gasteiger partial charge in [-0.15, -0.1) is 0 Å². The molecule has 29 heavy (non-hydrogen) atoms. The predicted molar refractivity (Wildman–Crippen MR) is 108 cm³/mol. The number of benzene rings is 1. The topological polar surface area (TPSA) is 81.4 Å². The molecule has 0 radical (unpaired) electrons. The summed E-state index contributed by atoms with van der Waals surface area (Å²) >= 11 is 0. The molecule has 1 N–H and O–H groups in total. The number of furan rings is 1. The molecule has 1 aromatic carbocycles. The van der Waals surface area contributed by atoms with Gasteiger partial charge in [-0.3, -0.25) is 9.78 Å². The van der Waals surface area contributed by atoms with Crippen LogP contribution in [0.15, 0.2) is 47.1 Å². The molecule has 2 heterocycles. The zero-order valence-electron chi connectivity index (χ0n) is 16.4. The number of nitrogens with one attached hydrogen (secondary N) is 1. The number of nitrogens with zero attached hydrogens (tertiary/aromatic N) is 1. The maximum Gasteiger partial charge on any atom is 0.339 e. The van der Waals surface area contributed by atoms with E-state index in [1.54, 1.807) is 25.3 Å². The molecule has 1 aliphatic rings. The van der Waals surface area contributed by atoms with Gasteiger partial charge in [0.05, 0.1) is 23.9 Å². The van der Waals surface area contributed by atoms with Gasteiger partial charge in [-0.2, -0.15) is 0 Å². The van der Waals surface area contributed by atoms with Crippen molar-refractivity contribution in [3.63, 3.8) is 0 Å². The van der Waals surface area contributed by atoms with Gasteiger partial charge in [-0.1, -0.05) is 24.6 Å². The van der Waals surface area contributed by atoms with Gasteiger partial charge in [0.25, 0.3) is 5.91 Å². The Kier molecular flexibility index (Phi) is 5.60. The van der Waals surface area contributed by atoms with E-state index in [0.717, 1.165) is 54.3 Å². The van der Waals surface area contributed by atoms with E-state index in [4.69, 9.17) is 14.1 Å². The van der Waals surface area contributed by atoms with Crippen LogP contribution < -0.4 is 5.32 Å². The quantitative estimate of drug-likeness (QED) is 0.525. The molecule has 2 aromatic heterocycles. The summed E-state index contributed by atoms with van der Waals surface area (Å²) in [7, 11) is 0. The summed E-state index contributed by atoms with van der Waals surface area (Å²) in [5.74, 6) is -0.191. The Hall–Kier alpha value is -3.15. The number of para-hydroxylation sites is 1. The van der Waals surface area contributed by atoms with Crippen molar-refractivity contribution in [2.75, 3.05) is 0 Å². The zero-order valence-corrected chi connectivity index (χ0v) is 16.4. The summed E-state index contributed by atoms with van der Waals surface area (Å²) in [5, 5.41) is 3.51. The maximum absolute atomic E-state index is 13.1. The molecule has 0 unspecified atom stereocenters. The molecule has 1 atom stereocenters. The fourth-order valence-corrected chi connectivity index (χ4v) is 3.79. The third-order valence-corrected chi connectivity index (χ3v) is 5.29. The molecule has 0 saturated carbocycles. The normalized spacial score (nSPS) is 14.7. The van der Waals surface area contributed by atoms with Gasteiger partial charge >= 0.3 is 5.97 Å². The van der Waals surface area contributed by atoms with Crippen molar-refractivity contribution in [1.29, 1.82) is 0 Å². The van der Waals surface area contributed by atoms with Crippen molar-refractivity contribution in [1.82, 2.24) is 10.3 Å². The summed E-state index contributed by atoms with van der Waals surface area (Å²) in [5.41, 5.74) is 3.28. The number of aromatic nitrogens is 1. The molecule has 3 aromatic rings. The van der Waals surface area contributed by atoms with Crippen LogP contribution in [0.5, 0.6) is 0 Å². The third-order valence-electron chi connectivity index (χ3n) is 5.29. The highest BCUT2D eigenvalue weighted by atomic mass is 16.5. The number of fused-ring (bicyclic) bond motifs is 2. The largest absolute Gasteiger partial charge is 0.467 e. The summed E-state index contributed by atoms with van der Waals surface area (Å²) < 4.78 is 10.8. The first kappa shape index (κ1) is 19.2. The number of ether oxygens (including phenoxy) is 1. The monoisotopic (exact) mass is 392 g/mol. The van der Waals surface area contributed by atoms with Gasteiger partial charge in [0, 0.05) is 11.1 Å². The second kappa shape index (κ2) is 8.47. The van der Waals surface area contributed by atoms with E-state index in [-0.39, 0.29) is 12.5 Å². The lowest BCUT2D eigenvalue weighted by atomic mass is 9.97. The number of carbonyl (C=O) groups excluding carboxylic acids is 2. The minimum absolute atomic E-state index is 0.251. The summed E-state index contributed by atoms with van der Waals surface area (Å²) in [6.45, 7) is 1.83. The molecular formula is C23H24N2O4. The van der Waals surface area contributed by atoms with E-state index in [1.807, 2.05) is 24.3 Å². The highest BCUT2D eigenvalue weighted by molar-refractivity contribution is 6.05. The van der Waals surface area contributed by atoms with Crippen molar-refractivity contribution in [2.45, 2.75) is 51.7 Å². The van der Waals surface area contributed by atoms with Crippen molar-refractivity contribution in [3.8, 4) is 0 Å². The van der Waals surface area contributed by atoms with Crippen molar-refractivity contribution < 1.29 is 18.7 Å². The van der Waals surface area contributed by atoms with Gasteiger partial charge in [0.1, 0.15) is 5.76 Å². The minimum atomic E-state index is -0.911. The first-order valence-corrected chi connectivity index (χ1v) is 10.0. The smallest absolute Gasteiger partial charge is 0.339 e. The number of hydrogen-bond acceptors (Lipinski definition) is 5. The summed E-state index contributed by atoms with van der Waals surface area (Å²) in [6.07, 6.45) is 5.50. The Morgan fingerprint density at radius 1 is 1.14 bits per heavy atom.